The van der Waals surface area contributed by atoms with Crippen molar-refractivity contribution in [1.29, 1.82) is 0 Å². The van der Waals surface area contributed by atoms with E-state index in [9.17, 15) is 5.11 Å². The molecule has 0 bridgehead atoms. The lowest BCUT2D eigenvalue weighted by atomic mass is 10.1. The van der Waals surface area contributed by atoms with Crippen LogP contribution in [-0.4, -0.2) is 32.2 Å². The number of nitrogens with two attached hydrogens (primary N) is 1. The van der Waals surface area contributed by atoms with Crippen molar-refractivity contribution in [3.05, 3.63) is 5.82 Å². The number of nitrogens with zero attached hydrogens (tertiary/aromatic N) is 3. The summed E-state index contributed by atoms with van der Waals surface area (Å²) in [5.41, 5.74) is 4.79. The minimum absolute atomic E-state index is 0.203. The second-order valence-corrected chi connectivity index (χ2v) is 5.20. The SMILES string of the molecule is CC(C)Cc1nc(N)nc(NCC(C)(C)O)n1. The first-order valence-electron chi connectivity index (χ1n) is 5.73. The van der Waals surface area contributed by atoms with Crippen LogP contribution in [0.25, 0.3) is 0 Å². The van der Waals surface area contributed by atoms with Gasteiger partial charge < -0.3 is 16.2 Å². The molecule has 4 N–H and O–H groups in total. The van der Waals surface area contributed by atoms with Gasteiger partial charge in [-0.1, -0.05) is 13.8 Å². The van der Waals surface area contributed by atoms with Crippen molar-refractivity contribution in [1.82, 2.24) is 15.0 Å². The summed E-state index contributed by atoms with van der Waals surface area (Å²) in [7, 11) is 0. The summed E-state index contributed by atoms with van der Waals surface area (Å²) in [5, 5.41) is 12.5. The van der Waals surface area contributed by atoms with Crippen molar-refractivity contribution < 1.29 is 5.11 Å². The van der Waals surface area contributed by atoms with E-state index in [1.807, 2.05) is 0 Å². The van der Waals surface area contributed by atoms with Crippen LogP contribution in [0.5, 0.6) is 0 Å². The molecule has 0 aromatic carbocycles. The summed E-state index contributed by atoms with van der Waals surface area (Å²) in [4.78, 5) is 12.3. The fraction of sp³-hybridized carbons (Fsp3) is 0.727. The van der Waals surface area contributed by atoms with Crippen LogP contribution < -0.4 is 11.1 Å². The summed E-state index contributed by atoms with van der Waals surface area (Å²) < 4.78 is 0. The molecule has 1 aromatic rings. The normalized spacial score (nSPS) is 11.9. The van der Waals surface area contributed by atoms with Gasteiger partial charge >= 0.3 is 0 Å². The topological polar surface area (TPSA) is 97.0 Å². The van der Waals surface area contributed by atoms with Gasteiger partial charge in [0.25, 0.3) is 0 Å². The van der Waals surface area contributed by atoms with Crippen molar-refractivity contribution in [2.75, 3.05) is 17.6 Å². The first kappa shape index (κ1) is 13.6. The molecule has 6 nitrogen and oxygen atoms in total. The van der Waals surface area contributed by atoms with Gasteiger partial charge in [0.05, 0.1) is 5.60 Å². The number of hydrogen-bond donors (Lipinski definition) is 3. The zero-order chi connectivity index (χ0) is 13.1. The predicted octanol–water partition coefficient (Wildman–Crippen LogP) is 0.835. The molecule has 0 aliphatic carbocycles. The summed E-state index contributed by atoms with van der Waals surface area (Å²) in [6.45, 7) is 7.95. The molecule has 0 atom stereocenters. The first-order valence-corrected chi connectivity index (χ1v) is 5.73. The van der Waals surface area contributed by atoms with Gasteiger partial charge in [-0.15, -0.1) is 0 Å². The Morgan fingerprint density at radius 3 is 2.47 bits per heavy atom. The molecular weight excluding hydrogens is 218 g/mol. The Bertz CT molecular complexity index is 373. The van der Waals surface area contributed by atoms with E-state index in [1.165, 1.54) is 0 Å². The van der Waals surface area contributed by atoms with Crippen LogP contribution in [-0.2, 0) is 6.42 Å². The number of aliphatic hydroxyl groups is 1. The van der Waals surface area contributed by atoms with Gasteiger partial charge in [-0.3, -0.25) is 0 Å². The minimum atomic E-state index is -0.820. The zero-order valence-corrected chi connectivity index (χ0v) is 10.9. The van der Waals surface area contributed by atoms with E-state index in [2.05, 4.69) is 34.1 Å². The lowest BCUT2D eigenvalue weighted by molar-refractivity contribution is 0.0943. The molecule has 0 saturated carbocycles. The van der Waals surface area contributed by atoms with Gasteiger partial charge in [0.2, 0.25) is 11.9 Å². The smallest absolute Gasteiger partial charge is 0.227 e. The van der Waals surface area contributed by atoms with E-state index in [-0.39, 0.29) is 5.95 Å². The number of aromatic nitrogens is 3. The van der Waals surface area contributed by atoms with Gasteiger partial charge in [0.15, 0.2) is 0 Å². The highest BCUT2D eigenvalue weighted by Gasteiger charge is 2.13. The maximum absolute atomic E-state index is 9.60. The summed E-state index contributed by atoms with van der Waals surface area (Å²) in [5.74, 6) is 1.74. The molecule has 0 fully saturated rings. The number of hydrogen-bond acceptors (Lipinski definition) is 6. The summed E-state index contributed by atoms with van der Waals surface area (Å²) in [6, 6.07) is 0. The molecule has 0 aliphatic heterocycles. The third kappa shape index (κ3) is 5.44. The standard InChI is InChI=1S/C11H21N5O/c1-7(2)5-8-14-9(12)16-10(15-8)13-6-11(3,4)17/h7,17H,5-6H2,1-4H3,(H3,12,13,14,15,16). The van der Waals surface area contributed by atoms with Crippen molar-refractivity contribution in [3.63, 3.8) is 0 Å². The number of rotatable bonds is 5. The molecule has 0 amide bonds. The molecule has 0 unspecified atom stereocenters. The Hall–Kier alpha value is -1.43. The Balaban J connectivity index is 2.75. The third-order valence-electron chi connectivity index (χ3n) is 1.97. The lowest BCUT2D eigenvalue weighted by Crippen LogP contribution is -2.30. The maximum Gasteiger partial charge on any atom is 0.227 e. The van der Waals surface area contributed by atoms with Crippen molar-refractivity contribution in [2.24, 2.45) is 5.92 Å². The molecule has 1 heterocycles. The van der Waals surface area contributed by atoms with E-state index in [0.717, 1.165) is 6.42 Å². The number of nitrogens with one attached hydrogen (secondary N) is 1. The fourth-order valence-electron chi connectivity index (χ4n) is 1.27. The molecule has 17 heavy (non-hydrogen) atoms. The van der Waals surface area contributed by atoms with Crippen LogP contribution in [0.15, 0.2) is 0 Å². The number of anilines is 2. The van der Waals surface area contributed by atoms with E-state index in [4.69, 9.17) is 5.73 Å². The Kier molecular flexibility index (Phi) is 4.22. The van der Waals surface area contributed by atoms with Crippen LogP contribution in [0.3, 0.4) is 0 Å². The molecular formula is C11H21N5O. The maximum atomic E-state index is 9.60. The average molecular weight is 239 g/mol. The lowest BCUT2D eigenvalue weighted by Gasteiger charge is -2.17. The molecule has 0 radical (unpaired) electrons. The second-order valence-electron chi connectivity index (χ2n) is 5.20. The molecule has 6 heteroatoms. The highest BCUT2D eigenvalue weighted by atomic mass is 16.3. The van der Waals surface area contributed by atoms with Crippen molar-refractivity contribution >= 4 is 11.9 Å². The Morgan fingerprint density at radius 2 is 1.94 bits per heavy atom. The van der Waals surface area contributed by atoms with Gasteiger partial charge in [-0.25, -0.2) is 0 Å². The van der Waals surface area contributed by atoms with Gasteiger partial charge in [0, 0.05) is 13.0 Å². The van der Waals surface area contributed by atoms with E-state index in [0.29, 0.717) is 24.2 Å². The highest BCUT2D eigenvalue weighted by molar-refractivity contribution is 5.31. The Labute approximate surface area is 102 Å². The van der Waals surface area contributed by atoms with E-state index in [1.54, 1.807) is 13.8 Å². The first-order chi connectivity index (χ1) is 7.76. The van der Waals surface area contributed by atoms with Gasteiger partial charge in [0.1, 0.15) is 5.82 Å². The molecule has 0 saturated heterocycles. The minimum Gasteiger partial charge on any atom is -0.389 e. The predicted molar refractivity (Wildman–Crippen MR) is 67.6 cm³/mol. The number of nitrogen functional groups attached to an aromatic ring is 1. The van der Waals surface area contributed by atoms with Crippen molar-refractivity contribution in [3.8, 4) is 0 Å². The second kappa shape index (κ2) is 5.27. The summed E-state index contributed by atoms with van der Waals surface area (Å²) in [6.07, 6.45) is 0.754. The fourth-order valence-corrected chi connectivity index (χ4v) is 1.27. The Morgan fingerprint density at radius 1 is 1.29 bits per heavy atom. The molecule has 1 aromatic heterocycles. The van der Waals surface area contributed by atoms with Crippen LogP contribution in [0.4, 0.5) is 11.9 Å². The highest BCUT2D eigenvalue weighted by Crippen LogP contribution is 2.09. The molecule has 0 spiro atoms. The van der Waals surface area contributed by atoms with E-state index < -0.39 is 5.60 Å². The van der Waals surface area contributed by atoms with Crippen LogP contribution in [0.1, 0.15) is 33.5 Å². The monoisotopic (exact) mass is 239 g/mol. The van der Waals surface area contributed by atoms with Crippen molar-refractivity contribution in [2.45, 2.75) is 39.7 Å². The molecule has 1 rings (SSSR count). The summed E-state index contributed by atoms with van der Waals surface area (Å²) >= 11 is 0. The average Bonchev–Trinajstić information content (AvgIpc) is 2.11. The van der Waals surface area contributed by atoms with Crippen LogP contribution >= 0.6 is 0 Å². The van der Waals surface area contributed by atoms with E-state index >= 15 is 0 Å². The van der Waals surface area contributed by atoms with Crippen LogP contribution in [0.2, 0.25) is 0 Å². The van der Waals surface area contributed by atoms with Gasteiger partial charge in [-0.05, 0) is 19.8 Å². The molecule has 0 aliphatic rings. The largest absolute Gasteiger partial charge is 0.389 e. The quantitative estimate of drug-likeness (QED) is 0.704. The zero-order valence-electron chi connectivity index (χ0n) is 10.9. The third-order valence-corrected chi connectivity index (χ3v) is 1.97. The van der Waals surface area contributed by atoms with Crippen LogP contribution in [0, 0.1) is 5.92 Å². The molecule has 96 valence electrons. The van der Waals surface area contributed by atoms with Gasteiger partial charge in [-0.2, -0.15) is 15.0 Å².